The van der Waals surface area contributed by atoms with Gasteiger partial charge in [-0.2, -0.15) is 0 Å². The molecule has 1 aromatic rings. The highest BCUT2D eigenvalue weighted by Gasteiger charge is 2.36. The number of hydrogen-bond acceptors (Lipinski definition) is 3. The van der Waals surface area contributed by atoms with Crippen molar-refractivity contribution in [1.29, 1.82) is 5.41 Å². The van der Waals surface area contributed by atoms with Gasteiger partial charge in [-0.3, -0.25) is 10.2 Å². The molecule has 0 spiro atoms. The molecule has 1 aliphatic carbocycles. The largest absolute Gasteiger partial charge is 0.384 e. The van der Waals surface area contributed by atoms with Crippen molar-refractivity contribution in [3.8, 4) is 0 Å². The standard InChI is InChI=1S/C14H21N3OS/c1-14(2,3)13(18)17-11(8-4-5-8)10-6-9(7-19-10)12(15)16/h6-8,11H,4-5H2,1-3H3,(H3,15,16)(H,17,18). The van der Waals surface area contributed by atoms with Crippen LogP contribution in [0, 0.1) is 16.7 Å². The minimum Gasteiger partial charge on any atom is -0.384 e. The van der Waals surface area contributed by atoms with Gasteiger partial charge in [0.25, 0.3) is 0 Å². The minimum absolute atomic E-state index is 0.0715. The van der Waals surface area contributed by atoms with E-state index in [-0.39, 0.29) is 23.2 Å². The zero-order valence-corrected chi connectivity index (χ0v) is 12.4. The minimum atomic E-state index is -0.381. The van der Waals surface area contributed by atoms with Crippen LogP contribution in [0.25, 0.3) is 0 Å². The molecular weight excluding hydrogens is 258 g/mol. The lowest BCUT2D eigenvalue weighted by Crippen LogP contribution is -2.38. The predicted molar refractivity (Wildman–Crippen MR) is 78.4 cm³/mol. The van der Waals surface area contributed by atoms with E-state index in [9.17, 15) is 4.79 Å². The molecule has 0 radical (unpaired) electrons. The van der Waals surface area contributed by atoms with Crippen LogP contribution in [0.1, 0.15) is 50.1 Å². The van der Waals surface area contributed by atoms with E-state index in [1.165, 1.54) is 0 Å². The summed E-state index contributed by atoms with van der Waals surface area (Å²) in [5.41, 5.74) is 5.86. The van der Waals surface area contributed by atoms with E-state index in [0.717, 1.165) is 23.3 Å². The Morgan fingerprint density at radius 3 is 2.58 bits per heavy atom. The Labute approximate surface area is 117 Å². The smallest absolute Gasteiger partial charge is 0.225 e. The molecule has 0 bridgehead atoms. The summed E-state index contributed by atoms with van der Waals surface area (Å²) < 4.78 is 0. The quantitative estimate of drug-likeness (QED) is 0.585. The molecule has 1 aromatic heterocycles. The summed E-state index contributed by atoms with van der Waals surface area (Å²) in [6, 6.07) is 2.00. The topological polar surface area (TPSA) is 79.0 Å². The molecule has 2 rings (SSSR count). The van der Waals surface area contributed by atoms with Crippen LogP contribution in [0.15, 0.2) is 11.4 Å². The first-order valence-electron chi connectivity index (χ1n) is 6.53. The van der Waals surface area contributed by atoms with Crippen molar-refractivity contribution in [3.63, 3.8) is 0 Å². The molecule has 1 fully saturated rings. The number of carbonyl (C=O) groups is 1. The van der Waals surface area contributed by atoms with Crippen LogP contribution in [0.5, 0.6) is 0 Å². The van der Waals surface area contributed by atoms with E-state index >= 15 is 0 Å². The lowest BCUT2D eigenvalue weighted by molar-refractivity contribution is -0.129. The highest BCUT2D eigenvalue weighted by Crippen LogP contribution is 2.43. The summed E-state index contributed by atoms with van der Waals surface area (Å²) in [5.74, 6) is 0.686. The van der Waals surface area contributed by atoms with Gasteiger partial charge in [0.1, 0.15) is 5.84 Å². The molecule has 5 heteroatoms. The molecule has 0 aliphatic heterocycles. The Bertz CT molecular complexity index is 497. The van der Waals surface area contributed by atoms with Gasteiger partial charge in [-0.1, -0.05) is 20.8 Å². The number of rotatable bonds is 4. The van der Waals surface area contributed by atoms with Crippen LogP contribution in [0.3, 0.4) is 0 Å². The van der Waals surface area contributed by atoms with Gasteiger partial charge in [-0.25, -0.2) is 0 Å². The molecule has 1 heterocycles. The number of hydrogen-bond donors (Lipinski definition) is 3. The Balaban J connectivity index is 2.16. The van der Waals surface area contributed by atoms with Crippen LogP contribution in [-0.2, 0) is 4.79 Å². The molecule has 1 aliphatic rings. The summed E-state index contributed by atoms with van der Waals surface area (Å²) in [7, 11) is 0. The number of thiophene rings is 1. The maximum atomic E-state index is 12.1. The highest BCUT2D eigenvalue weighted by atomic mass is 32.1. The first-order chi connectivity index (χ1) is 8.79. The van der Waals surface area contributed by atoms with Crippen LogP contribution in [0.2, 0.25) is 0 Å². The second kappa shape index (κ2) is 4.96. The van der Waals surface area contributed by atoms with Gasteiger partial charge in [-0.05, 0) is 24.8 Å². The lowest BCUT2D eigenvalue weighted by atomic mass is 9.94. The number of nitrogen functional groups attached to an aromatic ring is 1. The van der Waals surface area contributed by atoms with Gasteiger partial charge in [0.15, 0.2) is 0 Å². The molecule has 1 saturated carbocycles. The number of nitrogens with two attached hydrogens (primary N) is 1. The fourth-order valence-electron chi connectivity index (χ4n) is 1.87. The van der Waals surface area contributed by atoms with Gasteiger partial charge in [-0.15, -0.1) is 11.3 Å². The molecule has 1 atom stereocenters. The number of carbonyl (C=O) groups excluding carboxylic acids is 1. The monoisotopic (exact) mass is 279 g/mol. The molecule has 4 nitrogen and oxygen atoms in total. The SMILES string of the molecule is CC(C)(C)C(=O)NC(c1cc(C(=N)N)cs1)C1CC1. The second-order valence-electron chi connectivity index (χ2n) is 6.19. The Morgan fingerprint density at radius 2 is 2.16 bits per heavy atom. The van der Waals surface area contributed by atoms with E-state index in [1.54, 1.807) is 11.3 Å². The van der Waals surface area contributed by atoms with Crippen molar-refractivity contribution in [2.24, 2.45) is 17.1 Å². The average molecular weight is 279 g/mol. The molecular formula is C14H21N3OS. The van der Waals surface area contributed by atoms with E-state index in [2.05, 4.69) is 5.32 Å². The lowest BCUT2D eigenvalue weighted by Gasteiger charge is -2.23. The zero-order valence-electron chi connectivity index (χ0n) is 11.6. The van der Waals surface area contributed by atoms with Crippen molar-refractivity contribution in [3.05, 3.63) is 21.9 Å². The number of nitrogens with one attached hydrogen (secondary N) is 2. The van der Waals surface area contributed by atoms with Gasteiger partial charge in [0.05, 0.1) is 6.04 Å². The van der Waals surface area contributed by atoms with Crippen LogP contribution in [0.4, 0.5) is 0 Å². The maximum Gasteiger partial charge on any atom is 0.225 e. The Hall–Kier alpha value is -1.36. The summed E-state index contributed by atoms with van der Waals surface area (Å²) in [6.45, 7) is 5.76. The molecule has 0 saturated heterocycles. The van der Waals surface area contributed by atoms with Gasteiger partial charge in [0.2, 0.25) is 5.91 Å². The van der Waals surface area contributed by atoms with Crippen molar-refractivity contribution in [2.75, 3.05) is 0 Å². The van der Waals surface area contributed by atoms with E-state index in [4.69, 9.17) is 11.1 Å². The predicted octanol–water partition coefficient (Wildman–Crippen LogP) is 2.65. The maximum absolute atomic E-state index is 12.1. The molecule has 4 N–H and O–H groups in total. The summed E-state index contributed by atoms with van der Waals surface area (Å²) in [6.07, 6.45) is 2.31. The fourth-order valence-corrected chi connectivity index (χ4v) is 2.92. The fraction of sp³-hybridized carbons (Fsp3) is 0.571. The molecule has 1 amide bonds. The van der Waals surface area contributed by atoms with Crippen LogP contribution in [-0.4, -0.2) is 11.7 Å². The highest BCUT2D eigenvalue weighted by molar-refractivity contribution is 7.10. The molecule has 19 heavy (non-hydrogen) atoms. The van der Waals surface area contributed by atoms with Gasteiger partial charge >= 0.3 is 0 Å². The second-order valence-corrected chi connectivity index (χ2v) is 7.13. The van der Waals surface area contributed by atoms with Crippen molar-refractivity contribution < 1.29 is 4.79 Å². The van der Waals surface area contributed by atoms with Crippen molar-refractivity contribution >= 4 is 23.1 Å². The van der Waals surface area contributed by atoms with Crippen molar-refractivity contribution in [2.45, 2.75) is 39.7 Å². The van der Waals surface area contributed by atoms with Crippen LogP contribution < -0.4 is 11.1 Å². The Kier molecular flexibility index (Phi) is 3.67. The van der Waals surface area contributed by atoms with Gasteiger partial charge < -0.3 is 11.1 Å². The average Bonchev–Trinajstić information content (AvgIpc) is 3.00. The molecule has 1 unspecified atom stereocenters. The van der Waals surface area contributed by atoms with E-state index in [0.29, 0.717) is 5.92 Å². The Morgan fingerprint density at radius 1 is 1.53 bits per heavy atom. The van der Waals surface area contributed by atoms with Crippen molar-refractivity contribution in [1.82, 2.24) is 5.32 Å². The third kappa shape index (κ3) is 3.35. The molecule has 104 valence electrons. The number of amidine groups is 1. The summed E-state index contributed by atoms with van der Waals surface area (Å²) >= 11 is 1.57. The summed E-state index contributed by atoms with van der Waals surface area (Å²) in [4.78, 5) is 13.2. The normalized spacial score (nSPS) is 17.0. The third-order valence-electron chi connectivity index (χ3n) is 3.30. The van der Waals surface area contributed by atoms with E-state index in [1.807, 2.05) is 32.2 Å². The number of amides is 1. The first kappa shape index (κ1) is 14.1. The van der Waals surface area contributed by atoms with Gasteiger partial charge in [0, 0.05) is 21.2 Å². The van der Waals surface area contributed by atoms with Crippen LogP contribution >= 0.6 is 11.3 Å². The first-order valence-corrected chi connectivity index (χ1v) is 7.41. The third-order valence-corrected chi connectivity index (χ3v) is 4.31. The summed E-state index contributed by atoms with van der Waals surface area (Å²) in [5, 5.41) is 12.5. The zero-order chi connectivity index (χ0) is 14.2. The van der Waals surface area contributed by atoms with E-state index < -0.39 is 0 Å². The molecule has 0 aromatic carbocycles.